The molecular weight excluding hydrogens is 358 g/mol. The topological polar surface area (TPSA) is 80.0 Å². The molecule has 0 unspecified atom stereocenters. The molecule has 1 N–H and O–H groups in total. The highest BCUT2D eigenvalue weighted by atomic mass is 16.5. The number of rotatable bonds is 6. The van der Waals surface area contributed by atoms with Gasteiger partial charge in [-0.25, -0.2) is 0 Å². The summed E-state index contributed by atoms with van der Waals surface area (Å²) >= 11 is 0. The maximum absolute atomic E-state index is 13.2. The number of carbonyl (C=O) groups is 1. The summed E-state index contributed by atoms with van der Waals surface area (Å²) in [7, 11) is 0. The number of amides is 1. The molecule has 28 heavy (non-hydrogen) atoms. The van der Waals surface area contributed by atoms with Crippen LogP contribution in [0.3, 0.4) is 0 Å². The van der Waals surface area contributed by atoms with Gasteiger partial charge in [-0.2, -0.15) is 0 Å². The summed E-state index contributed by atoms with van der Waals surface area (Å²) in [6.45, 7) is 2.49. The normalized spacial score (nSPS) is 15.9. The van der Waals surface area contributed by atoms with Gasteiger partial charge in [0.05, 0.1) is 30.2 Å². The minimum absolute atomic E-state index is 0.0435. The molecule has 6 heteroatoms. The van der Waals surface area contributed by atoms with Crippen LogP contribution in [-0.2, 0) is 0 Å². The van der Waals surface area contributed by atoms with E-state index in [0.717, 1.165) is 12.0 Å². The number of ether oxygens (including phenoxy) is 1. The highest BCUT2D eigenvalue weighted by Gasteiger charge is 2.42. The van der Waals surface area contributed by atoms with E-state index < -0.39 is 11.9 Å². The molecule has 0 spiro atoms. The second-order valence-corrected chi connectivity index (χ2v) is 6.72. The van der Waals surface area contributed by atoms with E-state index in [1.165, 1.54) is 4.90 Å². The summed E-state index contributed by atoms with van der Waals surface area (Å²) < 4.78 is 11.5. The average Bonchev–Trinajstić information content (AvgIpc) is 2.99. The van der Waals surface area contributed by atoms with E-state index in [9.17, 15) is 14.7 Å². The molecule has 0 bridgehead atoms. The van der Waals surface area contributed by atoms with Gasteiger partial charge in [-0.05, 0) is 36.2 Å². The third-order valence-electron chi connectivity index (χ3n) is 4.86. The van der Waals surface area contributed by atoms with Crippen LogP contribution in [0, 0.1) is 0 Å². The van der Waals surface area contributed by atoms with Crippen LogP contribution in [0.4, 0.5) is 0 Å². The van der Waals surface area contributed by atoms with E-state index in [4.69, 9.17) is 9.15 Å². The van der Waals surface area contributed by atoms with E-state index >= 15 is 0 Å². The fourth-order valence-corrected chi connectivity index (χ4v) is 3.65. The van der Waals surface area contributed by atoms with Crippen molar-refractivity contribution in [2.24, 2.45) is 0 Å². The lowest BCUT2D eigenvalue weighted by molar-refractivity contribution is 0.0691. The molecule has 1 atom stereocenters. The standard InChI is InChI=1S/C22H21NO5/c1-2-12-27-15-7-5-6-14(13-15)19-18-20(25)16-8-3-4-9-17(16)28-21(18)22(26)23(19)10-11-24/h3-9,13,19,24H,2,10-12H2,1H3/t19-/m1/s1. The van der Waals surface area contributed by atoms with Gasteiger partial charge < -0.3 is 19.2 Å². The summed E-state index contributed by atoms with van der Waals surface area (Å²) in [6, 6.07) is 13.6. The van der Waals surface area contributed by atoms with Crippen molar-refractivity contribution in [2.45, 2.75) is 19.4 Å². The lowest BCUT2D eigenvalue weighted by Gasteiger charge is -2.24. The Balaban J connectivity index is 1.90. The summed E-state index contributed by atoms with van der Waals surface area (Å²) in [5.74, 6) is 0.327. The minimum Gasteiger partial charge on any atom is -0.494 e. The second-order valence-electron chi connectivity index (χ2n) is 6.72. The Kier molecular flexibility index (Phi) is 4.88. The number of fused-ring (bicyclic) bond motifs is 2. The van der Waals surface area contributed by atoms with Crippen molar-refractivity contribution in [3.63, 3.8) is 0 Å². The molecular formula is C22H21NO5. The number of hydrogen-bond acceptors (Lipinski definition) is 5. The van der Waals surface area contributed by atoms with Crippen molar-refractivity contribution in [3.05, 3.63) is 75.6 Å². The van der Waals surface area contributed by atoms with Crippen molar-refractivity contribution in [2.75, 3.05) is 19.8 Å². The molecule has 2 aromatic carbocycles. The number of nitrogens with zero attached hydrogens (tertiary/aromatic N) is 1. The largest absolute Gasteiger partial charge is 0.494 e. The lowest BCUT2D eigenvalue weighted by Crippen LogP contribution is -2.32. The van der Waals surface area contributed by atoms with Gasteiger partial charge in [-0.1, -0.05) is 31.2 Å². The molecule has 3 aromatic rings. The minimum atomic E-state index is -0.624. The van der Waals surface area contributed by atoms with E-state index in [2.05, 4.69) is 0 Å². The van der Waals surface area contributed by atoms with E-state index in [0.29, 0.717) is 28.9 Å². The van der Waals surface area contributed by atoms with Gasteiger partial charge in [0.25, 0.3) is 5.91 Å². The predicted molar refractivity (Wildman–Crippen MR) is 105 cm³/mol. The van der Waals surface area contributed by atoms with E-state index in [1.807, 2.05) is 31.2 Å². The molecule has 1 amide bonds. The van der Waals surface area contributed by atoms with Crippen LogP contribution in [0.25, 0.3) is 11.0 Å². The molecule has 0 aliphatic carbocycles. The van der Waals surface area contributed by atoms with Crippen molar-refractivity contribution < 1.29 is 19.1 Å². The summed E-state index contributed by atoms with van der Waals surface area (Å²) in [4.78, 5) is 27.7. The van der Waals surface area contributed by atoms with E-state index in [1.54, 1.807) is 24.3 Å². The second kappa shape index (κ2) is 7.48. The Labute approximate surface area is 162 Å². The monoisotopic (exact) mass is 379 g/mol. The molecule has 2 heterocycles. The highest BCUT2D eigenvalue weighted by molar-refractivity contribution is 5.99. The Morgan fingerprint density at radius 2 is 1.96 bits per heavy atom. The third kappa shape index (κ3) is 2.96. The quantitative estimate of drug-likeness (QED) is 0.712. The number of benzene rings is 2. The molecule has 4 rings (SSSR count). The van der Waals surface area contributed by atoms with Crippen LogP contribution in [0.15, 0.2) is 57.7 Å². The van der Waals surface area contributed by atoms with Crippen LogP contribution in [0.1, 0.15) is 41.1 Å². The van der Waals surface area contributed by atoms with Gasteiger partial charge in [-0.3, -0.25) is 9.59 Å². The van der Waals surface area contributed by atoms with Crippen molar-refractivity contribution in [1.82, 2.24) is 4.90 Å². The fourth-order valence-electron chi connectivity index (χ4n) is 3.65. The number of aliphatic hydroxyl groups excluding tert-OH is 1. The van der Waals surface area contributed by atoms with Gasteiger partial charge in [0.15, 0.2) is 5.43 Å². The first-order valence-corrected chi connectivity index (χ1v) is 9.36. The first kappa shape index (κ1) is 18.3. The average molecular weight is 379 g/mol. The molecule has 0 saturated heterocycles. The Morgan fingerprint density at radius 3 is 2.75 bits per heavy atom. The number of para-hydroxylation sites is 1. The zero-order valence-electron chi connectivity index (χ0n) is 15.6. The first-order chi connectivity index (χ1) is 13.7. The van der Waals surface area contributed by atoms with Gasteiger partial charge in [-0.15, -0.1) is 0 Å². The van der Waals surface area contributed by atoms with Gasteiger partial charge >= 0.3 is 0 Å². The zero-order valence-corrected chi connectivity index (χ0v) is 15.6. The lowest BCUT2D eigenvalue weighted by atomic mass is 9.98. The number of β-amino-alcohol motifs (C(OH)–C–C–N with tert-alkyl or cyclic N) is 1. The van der Waals surface area contributed by atoms with Crippen LogP contribution < -0.4 is 10.2 Å². The number of carbonyl (C=O) groups excluding carboxylic acids is 1. The number of aliphatic hydroxyl groups is 1. The Bertz CT molecular complexity index is 1090. The van der Waals surface area contributed by atoms with Gasteiger partial charge in [0.1, 0.15) is 11.3 Å². The smallest absolute Gasteiger partial charge is 0.290 e. The van der Waals surface area contributed by atoms with Crippen LogP contribution >= 0.6 is 0 Å². The van der Waals surface area contributed by atoms with Crippen molar-refractivity contribution in [1.29, 1.82) is 0 Å². The number of hydrogen-bond donors (Lipinski definition) is 1. The Hall–Kier alpha value is -3.12. The Morgan fingerprint density at radius 1 is 1.14 bits per heavy atom. The third-order valence-corrected chi connectivity index (χ3v) is 4.86. The van der Waals surface area contributed by atoms with Crippen molar-refractivity contribution >= 4 is 16.9 Å². The molecule has 1 aliphatic rings. The van der Waals surface area contributed by atoms with E-state index in [-0.39, 0.29) is 24.3 Å². The zero-order chi connectivity index (χ0) is 19.7. The summed E-state index contributed by atoms with van der Waals surface area (Å²) in [5.41, 5.74) is 1.21. The SMILES string of the molecule is CCCOc1cccc([C@@H]2c3c(oc4ccccc4c3=O)C(=O)N2CCO)c1. The fraction of sp³-hybridized carbons (Fsp3) is 0.273. The molecule has 0 fully saturated rings. The molecule has 1 aliphatic heterocycles. The predicted octanol–water partition coefficient (Wildman–Crippen LogP) is 3.12. The summed E-state index contributed by atoms with van der Waals surface area (Å²) in [6.07, 6.45) is 0.876. The molecule has 0 radical (unpaired) electrons. The van der Waals surface area contributed by atoms with Crippen molar-refractivity contribution in [3.8, 4) is 5.75 Å². The first-order valence-electron chi connectivity index (χ1n) is 9.36. The maximum Gasteiger partial charge on any atom is 0.290 e. The summed E-state index contributed by atoms with van der Waals surface area (Å²) in [5, 5.41) is 9.92. The highest BCUT2D eigenvalue weighted by Crippen LogP contribution is 2.38. The van der Waals surface area contributed by atoms with Crippen LogP contribution in [0.2, 0.25) is 0 Å². The molecule has 1 aromatic heterocycles. The van der Waals surface area contributed by atoms with Gasteiger partial charge in [0, 0.05) is 6.54 Å². The van der Waals surface area contributed by atoms with Gasteiger partial charge in [0.2, 0.25) is 5.76 Å². The molecule has 0 saturated carbocycles. The molecule has 144 valence electrons. The maximum atomic E-state index is 13.2. The molecule has 6 nitrogen and oxygen atoms in total. The van der Waals surface area contributed by atoms with Crippen LogP contribution in [0.5, 0.6) is 5.75 Å². The van der Waals surface area contributed by atoms with Crippen LogP contribution in [-0.4, -0.2) is 35.7 Å².